The Balaban J connectivity index is 0.000000174. The first-order valence-corrected chi connectivity index (χ1v) is 56.8. The van der Waals surface area contributed by atoms with E-state index in [1.165, 1.54) is 52.6 Å². The van der Waals surface area contributed by atoms with Crippen LogP contribution in [0, 0.1) is 23.7 Å². The largest absolute Gasteiger partial charge is 0.748 e. The minimum atomic E-state index is -4.35. The summed E-state index contributed by atoms with van der Waals surface area (Å²) in [4.78, 5) is 64.5. The topological polar surface area (TPSA) is 424 Å². The molecule has 27 nitrogen and oxygen atoms in total. The number of unbranched alkanes of at least 4 members (excludes halogenated alkanes) is 6. The second kappa shape index (κ2) is 46.8. The van der Waals surface area contributed by atoms with E-state index in [1.807, 2.05) is 61.6 Å². The van der Waals surface area contributed by atoms with E-state index in [-0.39, 0.29) is 89.9 Å². The molecule has 1 fully saturated rings. The molecular formula is C116H137Cl2N9O18S3. The fourth-order valence-corrected chi connectivity index (χ4v) is 24.8. The lowest BCUT2D eigenvalue weighted by atomic mass is 9.78. The molecule has 11 aliphatic rings. The molecule has 0 saturated carbocycles. The molecule has 17 rings (SSSR count). The second-order valence-corrected chi connectivity index (χ2v) is 46.8. The van der Waals surface area contributed by atoms with E-state index >= 15 is 0 Å². The van der Waals surface area contributed by atoms with Gasteiger partial charge in [-0.2, -0.15) is 17.6 Å². The highest BCUT2D eigenvalue weighted by Crippen LogP contribution is 2.54. The van der Waals surface area contributed by atoms with E-state index in [2.05, 4.69) is 212 Å². The number of aldehydes is 1. The molecule has 0 radical (unpaired) electrons. The van der Waals surface area contributed by atoms with Gasteiger partial charge in [0.2, 0.25) is 17.3 Å². The number of anilines is 1. The van der Waals surface area contributed by atoms with E-state index in [4.69, 9.17) is 58.9 Å². The van der Waals surface area contributed by atoms with Gasteiger partial charge in [-0.25, -0.2) is 31.8 Å². The Hall–Kier alpha value is -11.7. The molecular weight excluding hydrogens is 1970 g/mol. The molecule has 3 unspecified atom stereocenters. The number of amides is 1. The number of ether oxygens (including phenoxy) is 1. The summed E-state index contributed by atoms with van der Waals surface area (Å²) >= 11 is 13.0. The number of fused-ring (bicyclic) bond motifs is 14. The smallest absolute Gasteiger partial charge is 0.307 e. The summed E-state index contributed by atoms with van der Waals surface area (Å²) in [6, 6.07) is 37.4. The molecule has 8 heterocycles. The van der Waals surface area contributed by atoms with Crippen LogP contribution in [0.2, 0.25) is 0 Å². The highest BCUT2D eigenvalue weighted by atomic mass is 35.5. The number of aliphatic carboxylic acids is 2. The number of hydrogen-bond acceptors (Lipinski definition) is 21. The van der Waals surface area contributed by atoms with Gasteiger partial charge < -0.3 is 55.5 Å². The van der Waals surface area contributed by atoms with Crippen molar-refractivity contribution < 1.29 is 92.4 Å². The number of aliphatic hydroxyl groups excluding tert-OH is 2. The molecule has 6 aromatic carbocycles. The SMILES string of the molecule is CC1(C)C(=CC=C2CC(C(=O)O)CC(C=CC3=[N+](CCCCS(=O)(=O)O)c4ccc5ccccc5c4C3(C)C)=C2Cl)N(CCCCS(=O)(=O)[O-])c2ccc3ccccc3c21.CC1=[N+](CCCCS(=O)(=O)[O-])c2ccc3ccccc3c2C1(C)C.CCCCCCOC(C)C1=C(C)C2=NC1=CC1=NC(=CC3=C(C)C4=C(O)CC(=C5NC(=C2)[C@@H](C)[C@@H]5CCC(=O)NCCN)C4=N3)C(CC)=C1C.O=CC1=C(Cl)/C(=C/O)CC(C(=O)O)C1. The van der Waals surface area contributed by atoms with Crippen molar-refractivity contribution in [2.24, 2.45) is 44.4 Å². The number of nitrogens with two attached hydrogens (primary N) is 1. The van der Waals surface area contributed by atoms with Crippen LogP contribution in [-0.4, -0.2) is 184 Å². The van der Waals surface area contributed by atoms with Crippen molar-refractivity contribution in [3.8, 4) is 0 Å². The molecule has 32 heteroatoms. The van der Waals surface area contributed by atoms with Crippen molar-refractivity contribution in [1.82, 2.24) is 10.6 Å². The number of allylic oxidation sites excluding steroid dienone is 22. The molecule has 9 N–H and O–H groups in total. The number of aliphatic imine (C=N–C) groups is 3. The molecule has 1 saturated heterocycles. The maximum Gasteiger partial charge on any atom is 0.307 e. The van der Waals surface area contributed by atoms with Crippen LogP contribution < -0.4 is 21.3 Å². The number of carbonyl (C=O) groups excluding carboxylic acids is 2. The Labute approximate surface area is 879 Å². The standard InChI is InChI=1S/C47H51ClN2O8S2.C41H54N6O3.C19H23NO3S.C9H9ClO4/c1-46(2)40(49(25-9-11-27-59(53,54)55)38-21-17-31-13-5-7-15-36(31)42(38)46)23-19-33-29-35(45(51)52)30-34(44(33)48)20-24-41-47(3,4)43-37-16-8-6-14-32(37)18-22-39(43)50(41)26-10-12-28-60(56,57)58;1-8-10-11-12-17-50-26(7)38-24(5)32-19-31-23(4)28(13-14-37(49)43-16-15-42)40(46-31)29-18-36(48)39-25(6)33(47-41(29)39)20-34-27(9-2)22(3)30(44-34)21-35(38)45-32;1-14-19(2,3)18-16-9-5-4-8-15(16)10-11-17(18)20(14)12-6-7-13-24(21,22)23;10-8-6(3-11)1-5(9(13)14)2-7(8)4-12/h5-8,13-24,35H,9-12,25-30H2,1-4H3,(H2-,51,52,53,54,55,56,57,58);19-21,23,26,28,46,48H,8-18,42H2,1-7H3,(H,43,49);4-5,8-11H,6-7,12-13H2,1-3H3;3-5,11H,1-2H2,(H,13,14)/b;;;6-3+/t;23-,26?,28-;;/m.0../s1. The van der Waals surface area contributed by atoms with Gasteiger partial charge in [0.25, 0.3) is 10.1 Å². The highest BCUT2D eigenvalue weighted by Gasteiger charge is 2.49. The minimum absolute atomic E-state index is 0.00559. The lowest BCUT2D eigenvalue weighted by Gasteiger charge is -2.28. The summed E-state index contributed by atoms with van der Waals surface area (Å²) < 4.78 is 110. The molecule has 1 amide bonds. The Morgan fingerprint density at radius 2 is 1.20 bits per heavy atom. The third-order valence-electron chi connectivity index (χ3n) is 30.6. The van der Waals surface area contributed by atoms with Gasteiger partial charge in [0.15, 0.2) is 11.4 Å². The van der Waals surface area contributed by atoms with Gasteiger partial charge in [0, 0.05) is 173 Å². The Kier molecular flexibility index (Phi) is 35.4. The van der Waals surface area contributed by atoms with Crippen LogP contribution in [0.25, 0.3) is 32.3 Å². The van der Waals surface area contributed by atoms with Gasteiger partial charge in [-0.3, -0.25) is 23.7 Å². The number of nitrogens with one attached hydrogen (secondary N) is 2. The van der Waals surface area contributed by atoms with Crippen LogP contribution >= 0.6 is 23.2 Å². The first kappa shape index (κ1) is 112. The number of hydrogen-bond donors (Lipinski definition) is 8. The zero-order chi connectivity index (χ0) is 107. The molecule has 0 aromatic heterocycles. The van der Waals surface area contributed by atoms with E-state index in [9.17, 15) is 68.3 Å². The Morgan fingerprint density at radius 1 is 0.642 bits per heavy atom. The predicted octanol–water partition coefficient (Wildman–Crippen LogP) is 22.2. The summed E-state index contributed by atoms with van der Waals surface area (Å²) in [5.41, 5.74) is 31.0. The van der Waals surface area contributed by atoms with E-state index in [0.29, 0.717) is 112 Å². The van der Waals surface area contributed by atoms with E-state index in [1.54, 1.807) is 0 Å². The molecule has 148 heavy (non-hydrogen) atoms. The highest BCUT2D eigenvalue weighted by molar-refractivity contribution is 7.86. The van der Waals surface area contributed by atoms with Crippen LogP contribution in [-0.2, 0) is 70.5 Å². The van der Waals surface area contributed by atoms with Gasteiger partial charge >= 0.3 is 11.9 Å². The average Bonchev–Trinajstić information content (AvgIpc) is 1.56. The summed E-state index contributed by atoms with van der Waals surface area (Å²) in [5.74, 6) is -3.93. The number of carboxylic acids is 2. The summed E-state index contributed by atoms with van der Waals surface area (Å²) in [6.45, 7) is 33.6. The fourth-order valence-electron chi connectivity index (χ4n) is 22.6. The molecule has 5 atom stereocenters. The average molecular weight is 2110 g/mol. The van der Waals surface area contributed by atoms with Crippen LogP contribution in [0.1, 0.15) is 229 Å². The van der Waals surface area contributed by atoms with Crippen molar-refractivity contribution in [2.45, 2.75) is 235 Å². The van der Waals surface area contributed by atoms with Gasteiger partial charge in [0.05, 0.1) is 100 Å². The quantitative estimate of drug-likeness (QED) is 0.00611. The number of carboxylic acid groups (broad SMARTS) is 2. The molecule has 6 aromatic rings. The van der Waals surface area contributed by atoms with Crippen LogP contribution in [0.4, 0.5) is 17.1 Å². The summed E-state index contributed by atoms with van der Waals surface area (Å²) in [5, 5.41) is 53.6. The lowest BCUT2D eigenvalue weighted by molar-refractivity contribution is -0.439. The lowest BCUT2D eigenvalue weighted by Crippen LogP contribution is -2.29. The zero-order valence-corrected chi connectivity index (χ0v) is 90.8. The van der Waals surface area contributed by atoms with Crippen molar-refractivity contribution in [2.75, 3.05) is 61.5 Å². The zero-order valence-electron chi connectivity index (χ0n) is 86.9. The maximum absolute atomic E-state index is 12.8. The first-order chi connectivity index (χ1) is 70.2. The molecule has 3 aliphatic carbocycles. The number of benzene rings is 6. The minimum Gasteiger partial charge on any atom is -0.748 e. The number of rotatable bonds is 34. The number of carbonyl (C=O) groups is 4. The number of aliphatic hydroxyl groups is 2. The van der Waals surface area contributed by atoms with Crippen LogP contribution in [0.5, 0.6) is 0 Å². The van der Waals surface area contributed by atoms with Gasteiger partial charge in [0.1, 0.15) is 25.1 Å². The Morgan fingerprint density at radius 3 is 1.80 bits per heavy atom. The van der Waals surface area contributed by atoms with Crippen molar-refractivity contribution in [1.29, 1.82) is 0 Å². The fraction of sp³-hybridized carbons (Fsp3) is 0.422. The molecule has 786 valence electrons. The third kappa shape index (κ3) is 24.5. The normalized spacial score (nSPS) is 21.2. The number of halogens is 2. The molecule has 0 spiro atoms. The Bertz CT molecular complexity index is 7410. The van der Waals surface area contributed by atoms with Crippen LogP contribution in [0.3, 0.4) is 0 Å². The molecule has 8 bridgehead atoms. The van der Waals surface area contributed by atoms with Gasteiger partial charge in [-0.15, -0.1) is 0 Å². The predicted molar refractivity (Wildman–Crippen MR) is 588 cm³/mol. The van der Waals surface area contributed by atoms with Gasteiger partial charge in [-0.1, -0.05) is 168 Å². The third-order valence-corrected chi connectivity index (χ3v) is 34.0. The van der Waals surface area contributed by atoms with E-state index < -0.39 is 70.7 Å². The first-order valence-electron chi connectivity index (χ1n) is 51.3. The monoisotopic (exact) mass is 2110 g/mol. The van der Waals surface area contributed by atoms with Crippen molar-refractivity contribution >= 4 is 156 Å². The number of nitrogens with zero attached hydrogens (tertiary/aromatic N) is 6. The van der Waals surface area contributed by atoms with Crippen LogP contribution in [0.15, 0.2) is 284 Å². The second-order valence-electron chi connectivity index (χ2n) is 41.5. The van der Waals surface area contributed by atoms with Crippen molar-refractivity contribution in [3.63, 3.8) is 0 Å². The molecule has 8 aliphatic heterocycles. The maximum atomic E-state index is 12.8. The van der Waals surface area contributed by atoms with Gasteiger partial charge in [-0.05, 0) is 240 Å². The summed E-state index contributed by atoms with van der Waals surface area (Å²) in [6.07, 6.45) is 25.6. The summed E-state index contributed by atoms with van der Waals surface area (Å²) in [7, 11) is -12.6. The van der Waals surface area contributed by atoms with Crippen molar-refractivity contribution in [3.05, 3.63) is 286 Å². The van der Waals surface area contributed by atoms with E-state index in [0.717, 1.165) is 160 Å².